The number of sulfonamides is 1. The summed E-state index contributed by atoms with van der Waals surface area (Å²) in [5.74, 6) is -0.434. The molecule has 0 heterocycles. The van der Waals surface area contributed by atoms with E-state index < -0.39 is 27.5 Å². The van der Waals surface area contributed by atoms with Gasteiger partial charge in [-0.1, -0.05) is 17.7 Å². The molecule has 0 bridgehead atoms. The molecule has 0 aromatic heterocycles. The van der Waals surface area contributed by atoms with Crippen LogP contribution in [0.4, 0.5) is 5.69 Å². The zero-order chi connectivity index (χ0) is 16.4. The topological polar surface area (TPSA) is 101 Å². The Kier molecular flexibility index (Phi) is 5.25. The summed E-state index contributed by atoms with van der Waals surface area (Å²) in [5.41, 5.74) is 5.23. The van der Waals surface area contributed by atoms with Gasteiger partial charge in [-0.2, -0.15) is 4.72 Å². The summed E-state index contributed by atoms with van der Waals surface area (Å²) in [5, 5.41) is 2.70. The highest BCUT2D eigenvalue weighted by Crippen LogP contribution is 2.27. The quantitative estimate of drug-likeness (QED) is 0.727. The summed E-state index contributed by atoms with van der Waals surface area (Å²) < 4.78 is 26.9. The normalized spacial score (nSPS) is 13.8. The molecule has 0 aliphatic heterocycles. The van der Waals surface area contributed by atoms with Crippen molar-refractivity contribution >= 4 is 33.2 Å². The lowest BCUT2D eigenvalue weighted by Gasteiger charge is -2.23. The second-order valence-electron chi connectivity index (χ2n) is 5.74. The molecule has 21 heavy (non-hydrogen) atoms. The first kappa shape index (κ1) is 17.7. The molecule has 1 aromatic rings. The van der Waals surface area contributed by atoms with Crippen molar-refractivity contribution in [2.75, 3.05) is 5.73 Å². The van der Waals surface area contributed by atoms with E-state index in [0.29, 0.717) is 0 Å². The lowest BCUT2D eigenvalue weighted by molar-refractivity contribution is -0.123. The van der Waals surface area contributed by atoms with Gasteiger partial charge in [0.05, 0.1) is 16.8 Å². The molecule has 1 aromatic carbocycles. The van der Waals surface area contributed by atoms with Crippen molar-refractivity contribution in [3.05, 3.63) is 23.2 Å². The zero-order valence-corrected chi connectivity index (χ0v) is 14.0. The average Bonchev–Trinajstić information content (AvgIpc) is 2.24. The number of benzene rings is 1. The first-order chi connectivity index (χ1) is 9.44. The number of nitrogens with one attached hydrogen (secondary N) is 2. The molecule has 118 valence electrons. The highest BCUT2D eigenvalue weighted by molar-refractivity contribution is 7.89. The third kappa shape index (κ3) is 4.87. The first-order valence-corrected chi connectivity index (χ1v) is 8.18. The Morgan fingerprint density at radius 3 is 2.38 bits per heavy atom. The van der Waals surface area contributed by atoms with Crippen LogP contribution >= 0.6 is 11.6 Å². The predicted octanol–water partition coefficient (Wildman–Crippen LogP) is 1.50. The molecular weight excluding hydrogens is 314 g/mol. The van der Waals surface area contributed by atoms with E-state index in [1.54, 1.807) is 26.8 Å². The van der Waals surface area contributed by atoms with Crippen molar-refractivity contribution < 1.29 is 13.2 Å². The second kappa shape index (κ2) is 6.21. The fourth-order valence-electron chi connectivity index (χ4n) is 1.63. The van der Waals surface area contributed by atoms with Gasteiger partial charge in [-0.05, 0) is 39.8 Å². The molecule has 0 aliphatic carbocycles. The Morgan fingerprint density at radius 2 is 1.90 bits per heavy atom. The van der Waals surface area contributed by atoms with Crippen LogP contribution in [0.5, 0.6) is 0 Å². The van der Waals surface area contributed by atoms with Crippen LogP contribution in [0, 0.1) is 0 Å². The SMILES string of the molecule is CC(NS(=O)(=O)c1c(N)cccc1Cl)C(=O)NC(C)(C)C. The predicted molar refractivity (Wildman–Crippen MR) is 83.5 cm³/mol. The molecule has 0 aliphatic rings. The molecule has 0 saturated heterocycles. The van der Waals surface area contributed by atoms with E-state index in [2.05, 4.69) is 10.0 Å². The van der Waals surface area contributed by atoms with E-state index in [0.717, 1.165) is 0 Å². The molecule has 0 saturated carbocycles. The summed E-state index contributed by atoms with van der Waals surface area (Å²) >= 11 is 5.88. The van der Waals surface area contributed by atoms with Gasteiger partial charge in [-0.25, -0.2) is 8.42 Å². The highest BCUT2D eigenvalue weighted by atomic mass is 35.5. The molecule has 0 spiro atoms. The van der Waals surface area contributed by atoms with Crippen molar-refractivity contribution in [1.29, 1.82) is 0 Å². The minimum absolute atomic E-state index is 0.00549. The highest BCUT2D eigenvalue weighted by Gasteiger charge is 2.27. The Balaban J connectivity index is 2.98. The number of rotatable bonds is 4. The maximum absolute atomic E-state index is 12.3. The Bertz CT molecular complexity index is 618. The third-order valence-corrected chi connectivity index (χ3v) is 4.57. The number of nitrogen functional groups attached to an aromatic ring is 1. The van der Waals surface area contributed by atoms with Gasteiger partial charge in [0.15, 0.2) is 0 Å². The number of amides is 1. The van der Waals surface area contributed by atoms with Crippen LogP contribution in [0.15, 0.2) is 23.1 Å². The number of hydrogen-bond acceptors (Lipinski definition) is 4. The molecule has 1 unspecified atom stereocenters. The Labute approximate surface area is 130 Å². The van der Waals surface area contributed by atoms with Crippen molar-refractivity contribution in [1.82, 2.24) is 10.0 Å². The molecular formula is C13H20ClN3O3S. The van der Waals surface area contributed by atoms with Gasteiger partial charge in [0.2, 0.25) is 15.9 Å². The van der Waals surface area contributed by atoms with E-state index in [1.807, 2.05) is 0 Å². The van der Waals surface area contributed by atoms with Gasteiger partial charge in [0.1, 0.15) is 4.90 Å². The van der Waals surface area contributed by atoms with Gasteiger partial charge in [-0.3, -0.25) is 4.79 Å². The summed E-state index contributed by atoms with van der Waals surface area (Å²) in [6.45, 7) is 6.86. The lowest BCUT2D eigenvalue weighted by atomic mass is 10.1. The molecule has 1 atom stereocenters. The molecule has 0 radical (unpaired) electrons. The van der Waals surface area contributed by atoms with Gasteiger partial charge in [0, 0.05) is 5.54 Å². The average molecular weight is 334 g/mol. The Hall–Kier alpha value is -1.31. The van der Waals surface area contributed by atoms with Crippen molar-refractivity contribution in [3.63, 3.8) is 0 Å². The molecule has 6 nitrogen and oxygen atoms in total. The summed E-state index contributed by atoms with van der Waals surface area (Å²) in [6.07, 6.45) is 0. The minimum Gasteiger partial charge on any atom is -0.398 e. The Morgan fingerprint density at radius 1 is 1.33 bits per heavy atom. The van der Waals surface area contributed by atoms with Crippen LogP contribution in [0.1, 0.15) is 27.7 Å². The number of halogens is 1. The number of anilines is 1. The van der Waals surface area contributed by atoms with Crippen LogP contribution in [0.25, 0.3) is 0 Å². The number of hydrogen-bond donors (Lipinski definition) is 3. The van der Waals surface area contributed by atoms with Crippen LogP contribution in [-0.4, -0.2) is 25.9 Å². The van der Waals surface area contributed by atoms with Crippen LogP contribution in [-0.2, 0) is 14.8 Å². The third-order valence-electron chi connectivity index (χ3n) is 2.49. The van der Waals surface area contributed by atoms with Gasteiger partial charge in [-0.15, -0.1) is 0 Å². The summed E-state index contributed by atoms with van der Waals surface area (Å²) in [4.78, 5) is 11.7. The van der Waals surface area contributed by atoms with E-state index in [-0.39, 0.29) is 15.6 Å². The number of nitrogens with two attached hydrogens (primary N) is 1. The fourth-order valence-corrected chi connectivity index (χ4v) is 3.51. The van der Waals surface area contributed by atoms with Crippen molar-refractivity contribution in [3.8, 4) is 0 Å². The smallest absolute Gasteiger partial charge is 0.244 e. The van der Waals surface area contributed by atoms with Crippen LogP contribution in [0.3, 0.4) is 0 Å². The number of carbonyl (C=O) groups excluding carboxylic acids is 1. The van der Waals surface area contributed by atoms with E-state index >= 15 is 0 Å². The largest absolute Gasteiger partial charge is 0.398 e. The molecule has 8 heteroatoms. The fraction of sp³-hybridized carbons (Fsp3) is 0.462. The van der Waals surface area contributed by atoms with E-state index in [9.17, 15) is 13.2 Å². The maximum atomic E-state index is 12.3. The minimum atomic E-state index is -3.99. The van der Waals surface area contributed by atoms with Crippen LogP contribution in [0.2, 0.25) is 5.02 Å². The standard InChI is InChI=1S/C13H20ClN3O3S/c1-8(12(18)16-13(2,3)4)17-21(19,20)11-9(14)6-5-7-10(11)15/h5-8,17H,15H2,1-4H3,(H,16,18). The first-order valence-electron chi connectivity index (χ1n) is 6.32. The second-order valence-corrected chi connectivity index (χ2v) is 7.80. The molecule has 1 amide bonds. The van der Waals surface area contributed by atoms with Gasteiger partial charge in [0.25, 0.3) is 0 Å². The molecule has 0 fully saturated rings. The summed E-state index contributed by atoms with van der Waals surface area (Å²) in [6, 6.07) is 3.45. The summed E-state index contributed by atoms with van der Waals surface area (Å²) in [7, 11) is -3.99. The maximum Gasteiger partial charge on any atom is 0.244 e. The lowest BCUT2D eigenvalue weighted by Crippen LogP contribution is -2.50. The monoisotopic (exact) mass is 333 g/mol. The molecule has 4 N–H and O–H groups in total. The van der Waals surface area contributed by atoms with Crippen molar-refractivity contribution in [2.24, 2.45) is 0 Å². The van der Waals surface area contributed by atoms with Crippen LogP contribution < -0.4 is 15.8 Å². The van der Waals surface area contributed by atoms with Gasteiger partial charge < -0.3 is 11.1 Å². The number of carbonyl (C=O) groups is 1. The van der Waals surface area contributed by atoms with Crippen molar-refractivity contribution in [2.45, 2.75) is 44.2 Å². The van der Waals surface area contributed by atoms with E-state index in [1.165, 1.54) is 19.1 Å². The molecule has 1 rings (SSSR count). The zero-order valence-electron chi connectivity index (χ0n) is 12.4. The van der Waals surface area contributed by atoms with Gasteiger partial charge >= 0.3 is 0 Å². The van der Waals surface area contributed by atoms with E-state index in [4.69, 9.17) is 17.3 Å².